The summed E-state index contributed by atoms with van der Waals surface area (Å²) in [7, 11) is 0. The summed E-state index contributed by atoms with van der Waals surface area (Å²) in [6.45, 7) is 3.97. The zero-order valence-electron chi connectivity index (χ0n) is 16.5. The number of hydrogen-bond donors (Lipinski definition) is 1. The van der Waals surface area contributed by atoms with E-state index in [2.05, 4.69) is 33.2 Å². The fourth-order valence-electron chi connectivity index (χ4n) is 3.67. The van der Waals surface area contributed by atoms with Gasteiger partial charge in [-0.15, -0.1) is 0 Å². The fourth-order valence-corrected chi connectivity index (χ4v) is 4.07. The van der Waals surface area contributed by atoms with Crippen LogP contribution in [0.25, 0.3) is 0 Å². The lowest BCUT2D eigenvalue weighted by Gasteiger charge is -2.28. The number of carbonyl (C=O) groups excluding carboxylic acids is 2. The van der Waals surface area contributed by atoms with Crippen LogP contribution < -0.4 is 5.32 Å². The number of halogens is 1. The first-order valence-corrected chi connectivity index (χ1v) is 10.9. The van der Waals surface area contributed by atoms with Gasteiger partial charge in [-0.25, -0.2) is 9.78 Å². The van der Waals surface area contributed by atoms with Gasteiger partial charge in [0, 0.05) is 17.6 Å². The molecule has 0 spiro atoms. The molecule has 1 aromatic carbocycles. The molecule has 2 aromatic rings. The Morgan fingerprint density at radius 3 is 2.86 bits per heavy atom. The number of amides is 2. The average Bonchev–Trinajstić information content (AvgIpc) is 3.37. The summed E-state index contributed by atoms with van der Waals surface area (Å²) in [6.07, 6.45) is 4.99. The molecular formula is C21H25BrN4O3. The third kappa shape index (κ3) is 4.17. The third-order valence-corrected chi connectivity index (χ3v) is 6.07. The highest BCUT2D eigenvalue weighted by molar-refractivity contribution is 9.10. The molecule has 1 aliphatic carbocycles. The Hall–Kier alpha value is -2.35. The minimum absolute atomic E-state index is 0.197. The smallest absolute Gasteiger partial charge is 0.410 e. The largest absolute Gasteiger partial charge is 0.449 e. The molecule has 154 valence electrons. The van der Waals surface area contributed by atoms with Crippen LogP contribution in [0.5, 0.6) is 0 Å². The van der Waals surface area contributed by atoms with Crippen molar-refractivity contribution in [1.82, 2.24) is 19.8 Å². The molecule has 0 saturated heterocycles. The zero-order valence-corrected chi connectivity index (χ0v) is 18.1. The van der Waals surface area contributed by atoms with Crippen LogP contribution >= 0.6 is 15.9 Å². The van der Waals surface area contributed by atoms with E-state index in [1.807, 2.05) is 28.8 Å². The fraction of sp³-hybridized carbons (Fsp3) is 0.476. The number of aromatic nitrogens is 2. The van der Waals surface area contributed by atoms with E-state index in [1.165, 1.54) is 0 Å². The standard InChI is InChI=1S/C21H25BrN4O3/c1-2-3-11-29-20(28)25-9-10-26-14-23-18(17(26)13-25)19(27)24-21(7-8-21)15-5-4-6-16(22)12-15/h4-6,12,14H,2-3,7-11,13H2,1H3,(H,24,27). The van der Waals surface area contributed by atoms with E-state index in [4.69, 9.17) is 4.74 Å². The van der Waals surface area contributed by atoms with Gasteiger partial charge in [-0.05, 0) is 37.0 Å². The van der Waals surface area contributed by atoms with E-state index in [-0.39, 0.29) is 17.5 Å². The second-order valence-corrected chi connectivity index (χ2v) is 8.58. The lowest BCUT2D eigenvalue weighted by atomic mass is 10.0. The second-order valence-electron chi connectivity index (χ2n) is 7.67. The van der Waals surface area contributed by atoms with E-state index in [0.29, 0.717) is 31.9 Å². The molecule has 0 atom stereocenters. The Morgan fingerprint density at radius 2 is 2.14 bits per heavy atom. The molecule has 2 amide bonds. The van der Waals surface area contributed by atoms with Gasteiger partial charge in [0.25, 0.3) is 5.91 Å². The predicted molar refractivity (Wildman–Crippen MR) is 111 cm³/mol. The Morgan fingerprint density at radius 1 is 1.31 bits per heavy atom. The van der Waals surface area contributed by atoms with Gasteiger partial charge in [0.15, 0.2) is 5.69 Å². The number of fused-ring (bicyclic) bond motifs is 1. The Labute approximate surface area is 178 Å². The maximum Gasteiger partial charge on any atom is 0.410 e. The van der Waals surface area contributed by atoms with Crippen molar-refractivity contribution in [3.63, 3.8) is 0 Å². The molecule has 2 aliphatic rings. The third-order valence-electron chi connectivity index (χ3n) is 5.57. The SMILES string of the molecule is CCCCOC(=O)N1CCn2cnc(C(=O)NC3(c4cccc(Br)c4)CC3)c2C1. The van der Waals surface area contributed by atoms with Gasteiger partial charge in [0.1, 0.15) is 0 Å². The van der Waals surface area contributed by atoms with Gasteiger partial charge < -0.3 is 19.5 Å². The molecule has 8 heteroatoms. The van der Waals surface area contributed by atoms with Crippen molar-refractivity contribution in [2.24, 2.45) is 0 Å². The van der Waals surface area contributed by atoms with Crippen molar-refractivity contribution in [2.45, 2.75) is 51.2 Å². The minimum Gasteiger partial charge on any atom is -0.449 e. The van der Waals surface area contributed by atoms with Gasteiger partial charge in [-0.1, -0.05) is 41.4 Å². The Balaban J connectivity index is 1.46. The minimum atomic E-state index is -0.329. The monoisotopic (exact) mass is 460 g/mol. The molecule has 1 N–H and O–H groups in total. The number of nitrogens with zero attached hydrogens (tertiary/aromatic N) is 3. The maximum atomic E-state index is 13.0. The summed E-state index contributed by atoms with van der Waals surface area (Å²) in [5.74, 6) is -0.197. The van der Waals surface area contributed by atoms with Crippen LogP contribution in [0.15, 0.2) is 35.1 Å². The predicted octanol–water partition coefficient (Wildman–Crippen LogP) is 3.82. The molecule has 1 aromatic heterocycles. The topological polar surface area (TPSA) is 76.5 Å². The van der Waals surface area contributed by atoms with Gasteiger partial charge in [-0.3, -0.25) is 4.79 Å². The quantitative estimate of drug-likeness (QED) is 0.664. The molecule has 4 rings (SSSR count). The molecule has 1 fully saturated rings. The number of hydrogen-bond acceptors (Lipinski definition) is 4. The van der Waals surface area contributed by atoms with Crippen LogP contribution in [-0.4, -0.2) is 39.6 Å². The molecular weight excluding hydrogens is 436 g/mol. The van der Waals surface area contributed by atoms with Crippen LogP contribution in [0.4, 0.5) is 4.79 Å². The van der Waals surface area contributed by atoms with Crippen molar-refractivity contribution in [2.75, 3.05) is 13.2 Å². The molecule has 29 heavy (non-hydrogen) atoms. The summed E-state index contributed by atoms with van der Waals surface area (Å²) >= 11 is 3.50. The highest BCUT2D eigenvalue weighted by Crippen LogP contribution is 2.46. The highest BCUT2D eigenvalue weighted by atomic mass is 79.9. The number of carbonyl (C=O) groups is 2. The molecule has 0 bridgehead atoms. The van der Waals surface area contributed by atoms with Crippen molar-refractivity contribution in [3.8, 4) is 0 Å². The first-order valence-electron chi connectivity index (χ1n) is 10.1. The van der Waals surface area contributed by atoms with E-state index >= 15 is 0 Å². The zero-order chi connectivity index (χ0) is 20.4. The van der Waals surface area contributed by atoms with Crippen LogP contribution in [0.2, 0.25) is 0 Å². The Bertz CT molecular complexity index is 922. The summed E-state index contributed by atoms with van der Waals surface area (Å²) < 4.78 is 8.27. The van der Waals surface area contributed by atoms with Gasteiger partial charge in [0.2, 0.25) is 0 Å². The average molecular weight is 461 g/mol. The van der Waals surface area contributed by atoms with Crippen LogP contribution in [0.1, 0.15) is 54.4 Å². The van der Waals surface area contributed by atoms with E-state index in [1.54, 1.807) is 11.2 Å². The van der Waals surface area contributed by atoms with Crippen LogP contribution in [0, 0.1) is 0 Å². The number of rotatable bonds is 6. The van der Waals surface area contributed by atoms with E-state index in [0.717, 1.165) is 41.4 Å². The lowest BCUT2D eigenvalue weighted by molar-refractivity contribution is 0.0879. The van der Waals surface area contributed by atoms with Gasteiger partial charge in [-0.2, -0.15) is 0 Å². The lowest BCUT2D eigenvalue weighted by Crippen LogP contribution is -2.40. The number of imidazole rings is 1. The first kappa shape index (κ1) is 19.9. The molecule has 0 radical (unpaired) electrons. The normalized spacial score (nSPS) is 16.8. The van der Waals surface area contributed by atoms with Crippen molar-refractivity contribution in [1.29, 1.82) is 0 Å². The van der Waals surface area contributed by atoms with Crippen LogP contribution in [-0.2, 0) is 23.4 Å². The van der Waals surface area contributed by atoms with E-state index in [9.17, 15) is 9.59 Å². The van der Waals surface area contributed by atoms with Crippen molar-refractivity contribution < 1.29 is 14.3 Å². The number of unbranched alkanes of at least 4 members (excludes halogenated alkanes) is 1. The van der Waals surface area contributed by atoms with Crippen LogP contribution in [0.3, 0.4) is 0 Å². The maximum absolute atomic E-state index is 13.0. The highest BCUT2D eigenvalue weighted by Gasteiger charge is 2.46. The molecule has 7 nitrogen and oxygen atoms in total. The van der Waals surface area contributed by atoms with Gasteiger partial charge in [0.05, 0.1) is 30.7 Å². The second kappa shape index (κ2) is 8.18. The number of ether oxygens (including phenoxy) is 1. The first-order chi connectivity index (χ1) is 14.0. The van der Waals surface area contributed by atoms with Crippen molar-refractivity contribution in [3.05, 3.63) is 52.0 Å². The Kier molecular flexibility index (Phi) is 5.63. The molecule has 1 saturated carbocycles. The summed E-state index contributed by atoms with van der Waals surface area (Å²) in [5.41, 5.74) is 1.91. The van der Waals surface area contributed by atoms with E-state index < -0.39 is 0 Å². The van der Waals surface area contributed by atoms with Crippen molar-refractivity contribution >= 4 is 27.9 Å². The molecule has 0 unspecified atom stereocenters. The summed E-state index contributed by atoms with van der Waals surface area (Å²) in [6, 6.07) is 8.03. The van der Waals surface area contributed by atoms with Gasteiger partial charge >= 0.3 is 6.09 Å². The molecule has 1 aliphatic heterocycles. The molecule has 2 heterocycles. The number of nitrogens with one attached hydrogen (secondary N) is 1. The summed E-state index contributed by atoms with van der Waals surface area (Å²) in [4.78, 5) is 31.4. The summed E-state index contributed by atoms with van der Waals surface area (Å²) in [5, 5.41) is 3.18. The number of benzene rings is 1.